The van der Waals surface area contributed by atoms with Crippen molar-refractivity contribution in [3.63, 3.8) is 0 Å². The van der Waals surface area contributed by atoms with Gasteiger partial charge in [-0.1, -0.05) is 200 Å². The van der Waals surface area contributed by atoms with Gasteiger partial charge in [-0.3, -0.25) is 0 Å². The summed E-state index contributed by atoms with van der Waals surface area (Å²) in [6, 6.07) is 91.1. The Labute approximate surface area is 400 Å². The molecule has 2 spiro atoms. The molecular formula is C66H41NO2. The average Bonchev–Trinajstić information content (AvgIpc) is 3.87. The number of para-hydroxylation sites is 4. The summed E-state index contributed by atoms with van der Waals surface area (Å²) >= 11 is 0. The molecule has 0 fully saturated rings. The van der Waals surface area contributed by atoms with E-state index in [2.05, 4.69) is 254 Å². The van der Waals surface area contributed by atoms with Crippen molar-refractivity contribution in [2.24, 2.45) is 0 Å². The van der Waals surface area contributed by atoms with E-state index in [0.29, 0.717) is 0 Å². The van der Waals surface area contributed by atoms with E-state index in [0.717, 1.165) is 62.3 Å². The van der Waals surface area contributed by atoms with Crippen molar-refractivity contribution in [2.75, 3.05) is 4.90 Å². The molecule has 3 heteroatoms. The molecule has 0 aromatic heterocycles. The quantitative estimate of drug-likeness (QED) is 0.176. The minimum atomic E-state index is -0.663. The van der Waals surface area contributed by atoms with Crippen LogP contribution in [0.3, 0.4) is 0 Å². The van der Waals surface area contributed by atoms with Gasteiger partial charge in [0.15, 0.2) is 0 Å². The lowest BCUT2D eigenvalue weighted by Crippen LogP contribution is -2.32. The first-order chi connectivity index (χ1) is 34.2. The second kappa shape index (κ2) is 14.3. The van der Waals surface area contributed by atoms with Crippen molar-refractivity contribution in [2.45, 2.75) is 10.8 Å². The Morgan fingerprint density at radius 2 is 0.739 bits per heavy atom. The Balaban J connectivity index is 1.10. The van der Waals surface area contributed by atoms with E-state index in [9.17, 15) is 0 Å². The van der Waals surface area contributed by atoms with Crippen LogP contribution >= 0.6 is 0 Å². The summed E-state index contributed by atoms with van der Waals surface area (Å²) in [6.07, 6.45) is 0. The molecule has 0 saturated heterocycles. The topological polar surface area (TPSA) is 21.7 Å². The molecule has 0 amide bonds. The number of hydrogen-bond acceptors (Lipinski definition) is 3. The molecule has 0 saturated carbocycles. The molecule has 0 bridgehead atoms. The lowest BCUT2D eigenvalue weighted by atomic mass is 9.66. The van der Waals surface area contributed by atoms with Crippen LogP contribution in [-0.4, -0.2) is 0 Å². The van der Waals surface area contributed by atoms with E-state index in [-0.39, 0.29) is 0 Å². The molecule has 11 aromatic carbocycles. The largest absolute Gasteiger partial charge is 0.457 e. The fraction of sp³-hybridized carbons (Fsp3) is 0.0303. The Morgan fingerprint density at radius 3 is 1.32 bits per heavy atom. The van der Waals surface area contributed by atoms with Crippen LogP contribution in [0.15, 0.2) is 249 Å². The molecule has 2 aliphatic heterocycles. The molecular weight excluding hydrogens is 839 g/mol. The van der Waals surface area contributed by atoms with Crippen molar-refractivity contribution in [1.82, 2.24) is 0 Å². The third kappa shape index (κ3) is 5.01. The first-order valence-corrected chi connectivity index (χ1v) is 23.8. The predicted molar refractivity (Wildman–Crippen MR) is 279 cm³/mol. The summed E-state index contributed by atoms with van der Waals surface area (Å²) in [5.41, 5.74) is 18.7. The van der Waals surface area contributed by atoms with E-state index in [1.807, 2.05) is 0 Å². The van der Waals surface area contributed by atoms with E-state index in [1.54, 1.807) is 0 Å². The van der Waals surface area contributed by atoms with E-state index in [1.165, 1.54) is 66.4 Å². The van der Waals surface area contributed by atoms with Gasteiger partial charge in [0.1, 0.15) is 23.0 Å². The third-order valence-corrected chi connectivity index (χ3v) is 15.4. The van der Waals surface area contributed by atoms with Crippen molar-refractivity contribution >= 4 is 27.8 Å². The van der Waals surface area contributed by atoms with Gasteiger partial charge in [0, 0.05) is 44.5 Å². The van der Waals surface area contributed by atoms with Crippen LogP contribution in [0.2, 0.25) is 0 Å². The van der Waals surface area contributed by atoms with E-state index in [4.69, 9.17) is 9.47 Å². The highest BCUT2D eigenvalue weighted by Crippen LogP contribution is 2.68. The van der Waals surface area contributed by atoms with Crippen molar-refractivity contribution < 1.29 is 9.47 Å². The monoisotopic (exact) mass is 879 g/mol. The van der Waals surface area contributed by atoms with Crippen LogP contribution in [0.5, 0.6) is 23.0 Å². The number of benzene rings is 11. The summed E-state index contributed by atoms with van der Waals surface area (Å²) in [6.45, 7) is 0. The predicted octanol–water partition coefficient (Wildman–Crippen LogP) is 16.9. The van der Waals surface area contributed by atoms with Crippen LogP contribution in [0, 0.1) is 0 Å². The van der Waals surface area contributed by atoms with Gasteiger partial charge >= 0.3 is 0 Å². The fourth-order valence-electron chi connectivity index (χ4n) is 12.8. The van der Waals surface area contributed by atoms with Crippen LogP contribution in [-0.2, 0) is 10.8 Å². The minimum absolute atomic E-state index is 0.636. The zero-order valence-corrected chi connectivity index (χ0v) is 37.4. The molecule has 2 aliphatic carbocycles. The van der Waals surface area contributed by atoms with Crippen LogP contribution in [0.4, 0.5) is 17.1 Å². The summed E-state index contributed by atoms with van der Waals surface area (Å²) in [5, 5.41) is 2.34. The van der Waals surface area contributed by atoms with Crippen molar-refractivity contribution in [3.05, 3.63) is 293 Å². The fourth-order valence-corrected chi connectivity index (χ4v) is 12.8. The Kier molecular flexibility index (Phi) is 7.92. The zero-order valence-electron chi connectivity index (χ0n) is 37.4. The highest BCUT2D eigenvalue weighted by molar-refractivity contribution is 6.13. The summed E-state index contributed by atoms with van der Waals surface area (Å²) < 4.78 is 13.6. The number of fused-ring (bicyclic) bond motifs is 19. The first-order valence-electron chi connectivity index (χ1n) is 23.8. The van der Waals surface area contributed by atoms with Gasteiger partial charge in [-0.2, -0.15) is 0 Å². The van der Waals surface area contributed by atoms with Crippen LogP contribution in [0.25, 0.3) is 44.2 Å². The van der Waals surface area contributed by atoms with E-state index >= 15 is 0 Å². The van der Waals surface area contributed by atoms with Crippen molar-refractivity contribution in [1.29, 1.82) is 0 Å². The molecule has 0 radical (unpaired) electrons. The molecule has 69 heavy (non-hydrogen) atoms. The maximum absolute atomic E-state index is 6.81. The Bertz CT molecular complexity index is 3830. The van der Waals surface area contributed by atoms with Crippen molar-refractivity contribution in [3.8, 4) is 56.4 Å². The molecule has 0 N–H and O–H groups in total. The van der Waals surface area contributed by atoms with Gasteiger partial charge in [-0.15, -0.1) is 0 Å². The zero-order chi connectivity index (χ0) is 45.3. The Morgan fingerprint density at radius 1 is 0.304 bits per heavy atom. The number of rotatable bonds is 4. The van der Waals surface area contributed by atoms with Gasteiger partial charge in [0.25, 0.3) is 0 Å². The lowest BCUT2D eigenvalue weighted by Gasteiger charge is -2.40. The van der Waals surface area contributed by atoms with Gasteiger partial charge < -0.3 is 14.4 Å². The summed E-state index contributed by atoms with van der Waals surface area (Å²) in [5.74, 6) is 3.51. The highest BCUT2D eigenvalue weighted by Gasteiger charge is 2.54. The van der Waals surface area contributed by atoms with Gasteiger partial charge in [0.05, 0.1) is 22.2 Å². The maximum atomic E-state index is 6.81. The average molecular weight is 880 g/mol. The lowest BCUT2D eigenvalue weighted by molar-refractivity contribution is 0.436. The number of ether oxygens (including phenoxy) is 2. The smallest absolute Gasteiger partial charge is 0.132 e. The third-order valence-electron chi connectivity index (χ3n) is 15.4. The van der Waals surface area contributed by atoms with E-state index < -0.39 is 10.8 Å². The molecule has 15 rings (SSSR count). The standard InChI is InChI=1S/C66H41NO2/c1-2-19-42(20-3-1)43-37-39-45(40-38-43)67(57-32-18-31-55-62(57)47-23-6-8-25-49(47)65(55)51-27-10-14-33-58(51)68-59-34-15-11-28-52(59)65)64-46-22-5-4-21-44(46)41-56-63(64)48-24-7-9-26-50(48)66(56)53-29-12-16-35-60(53)69-61-36-17-13-30-54(61)66/h1-41H. The molecule has 11 aromatic rings. The maximum Gasteiger partial charge on any atom is 0.132 e. The second-order valence-corrected chi connectivity index (χ2v) is 18.6. The number of anilines is 3. The molecule has 4 aliphatic rings. The minimum Gasteiger partial charge on any atom is -0.457 e. The molecule has 0 unspecified atom stereocenters. The van der Waals surface area contributed by atoms with Crippen LogP contribution < -0.4 is 14.4 Å². The summed E-state index contributed by atoms with van der Waals surface area (Å²) in [4.78, 5) is 2.59. The first kappa shape index (κ1) is 38.2. The molecule has 322 valence electrons. The highest BCUT2D eigenvalue weighted by atomic mass is 16.5. The summed E-state index contributed by atoms with van der Waals surface area (Å²) in [7, 11) is 0. The van der Waals surface area contributed by atoms with Gasteiger partial charge in [-0.25, -0.2) is 0 Å². The number of hydrogen-bond donors (Lipinski definition) is 0. The van der Waals surface area contributed by atoms with Gasteiger partial charge in [0.2, 0.25) is 0 Å². The molecule has 3 nitrogen and oxygen atoms in total. The normalized spacial score (nSPS) is 14.3. The molecule has 2 heterocycles. The van der Waals surface area contributed by atoms with Crippen LogP contribution in [0.1, 0.15) is 44.5 Å². The number of nitrogens with zero attached hydrogens (tertiary/aromatic N) is 1. The Hall–Kier alpha value is -8.92. The molecule has 0 atom stereocenters. The second-order valence-electron chi connectivity index (χ2n) is 18.6. The van der Waals surface area contributed by atoms with Gasteiger partial charge in [-0.05, 0) is 98.4 Å². The SMILES string of the molecule is c1ccc(-c2ccc(N(c3cccc4c3-c3ccccc3C43c4ccccc4Oc4ccccc43)c3c4c(cc5ccccc35)C3(c5ccccc5Oc5ccccc53)c3ccccc3-4)cc2)cc1.